The molecule has 20 heavy (non-hydrogen) atoms. The van der Waals surface area contributed by atoms with Crippen LogP contribution in [0.25, 0.3) is 0 Å². The zero-order valence-electron chi connectivity index (χ0n) is 12.2. The molecule has 1 aromatic rings. The van der Waals surface area contributed by atoms with Crippen molar-refractivity contribution in [3.63, 3.8) is 0 Å². The van der Waals surface area contributed by atoms with E-state index >= 15 is 0 Å². The second-order valence-corrected chi connectivity index (χ2v) is 6.63. The Kier molecular flexibility index (Phi) is 3.31. The molecule has 3 heteroatoms. The molecule has 3 aliphatic rings. The van der Waals surface area contributed by atoms with Crippen molar-refractivity contribution < 1.29 is 0 Å². The number of piperidine rings is 1. The Morgan fingerprint density at radius 1 is 1.00 bits per heavy atom. The average molecular weight is 271 g/mol. The Hall–Kier alpha value is -1.22. The second-order valence-electron chi connectivity index (χ2n) is 6.63. The summed E-state index contributed by atoms with van der Waals surface area (Å²) in [6.45, 7) is 6.36. The Morgan fingerprint density at radius 3 is 2.75 bits per heavy atom. The van der Waals surface area contributed by atoms with E-state index in [9.17, 15) is 0 Å². The zero-order valence-corrected chi connectivity index (χ0v) is 12.2. The molecule has 3 saturated heterocycles. The van der Waals surface area contributed by atoms with Crippen molar-refractivity contribution in [1.29, 1.82) is 0 Å². The minimum Gasteiger partial charge on any atom is -0.382 e. The lowest BCUT2D eigenvalue weighted by molar-refractivity contribution is 0.255. The molecule has 1 aromatic carbocycles. The largest absolute Gasteiger partial charge is 0.382 e. The van der Waals surface area contributed by atoms with E-state index < -0.39 is 0 Å². The van der Waals surface area contributed by atoms with Crippen LogP contribution in [0.1, 0.15) is 25.7 Å². The summed E-state index contributed by atoms with van der Waals surface area (Å²) in [5, 5.41) is 3.82. The van der Waals surface area contributed by atoms with Crippen LogP contribution in [-0.4, -0.2) is 43.7 Å². The van der Waals surface area contributed by atoms with Crippen molar-refractivity contribution in [2.24, 2.45) is 5.92 Å². The van der Waals surface area contributed by atoms with E-state index in [1.54, 1.807) is 0 Å². The van der Waals surface area contributed by atoms with E-state index in [4.69, 9.17) is 0 Å². The molecular weight excluding hydrogens is 246 g/mol. The summed E-state index contributed by atoms with van der Waals surface area (Å²) in [7, 11) is 0. The minimum absolute atomic E-state index is 0.683. The van der Waals surface area contributed by atoms with Crippen LogP contribution in [0.4, 0.5) is 11.4 Å². The molecule has 3 fully saturated rings. The summed E-state index contributed by atoms with van der Waals surface area (Å²) in [5.41, 5.74) is 2.72. The van der Waals surface area contributed by atoms with Crippen molar-refractivity contribution in [2.75, 3.05) is 42.9 Å². The summed E-state index contributed by atoms with van der Waals surface area (Å²) in [6.07, 6.45) is 5.37. The van der Waals surface area contributed by atoms with Gasteiger partial charge in [-0.1, -0.05) is 6.07 Å². The molecule has 2 bridgehead atoms. The summed E-state index contributed by atoms with van der Waals surface area (Å²) in [5.74, 6) is 0.860. The number of benzene rings is 1. The van der Waals surface area contributed by atoms with Crippen molar-refractivity contribution >= 4 is 11.4 Å². The standard InChI is InChI=1S/C17H25N3/c1-2-9-20(8-1)16-5-3-4-15(12-16)18-17-7-11-19-10-6-14(17)13-19/h3-5,12,14,17-18H,1-2,6-11,13H2. The third kappa shape index (κ3) is 2.39. The van der Waals surface area contributed by atoms with Crippen LogP contribution in [0.3, 0.4) is 0 Å². The van der Waals surface area contributed by atoms with E-state index in [1.807, 2.05) is 0 Å². The van der Waals surface area contributed by atoms with Gasteiger partial charge in [-0.2, -0.15) is 0 Å². The van der Waals surface area contributed by atoms with Crippen LogP contribution in [-0.2, 0) is 0 Å². The maximum Gasteiger partial charge on any atom is 0.0386 e. The fourth-order valence-corrected chi connectivity index (χ4v) is 4.12. The first-order chi connectivity index (χ1) is 9.88. The van der Waals surface area contributed by atoms with Crippen LogP contribution >= 0.6 is 0 Å². The van der Waals surface area contributed by atoms with Crippen molar-refractivity contribution in [3.05, 3.63) is 24.3 Å². The predicted octanol–water partition coefficient (Wildman–Crippen LogP) is 2.79. The Labute approximate surface area is 121 Å². The molecule has 3 nitrogen and oxygen atoms in total. The van der Waals surface area contributed by atoms with Gasteiger partial charge in [0, 0.05) is 43.6 Å². The molecule has 0 spiro atoms. The molecule has 4 rings (SSSR count). The van der Waals surface area contributed by atoms with Gasteiger partial charge in [-0.3, -0.25) is 0 Å². The van der Waals surface area contributed by atoms with Gasteiger partial charge < -0.3 is 15.1 Å². The van der Waals surface area contributed by atoms with Gasteiger partial charge in [0.15, 0.2) is 0 Å². The lowest BCUT2D eigenvalue weighted by Gasteiger charge is -2.32. The molecule has 3 aliphatic heterocycles. The summed E-state index contributed by atoms with van der Waals surface area (Å²) >= 11 is 0. The number of nitrogens with zero attached hydrogens (tertiary/aromatic N) is 2. The van der Waals surface area contributed by atoms with Gasteiger partial charge in [-0.25, -0.2) is 0 Å². The zero-order chi connectivity index (χ0) is 13.4. The molecule has 1 N–H and O–H groups in total. The first-order valence-corrected chi connectivity index (χ1v) is 8.22. The molecule has 0 aliphatic carbocycles. The van der Waals surface area contributed by atoms with Crippen LogP contribution in [0.15, 0.2) is 24.3 Å². The Morgan fingerprint density at radius 2 is 1.85 bits per heavy atom. The normalized spacial score (nSPS) is 32.6. The molecule has 0 aromatic heterocycles. The van der Waals surface area contributed by atoms with Crippen LogP contribution in [0.5, 0.6) is 0 Å². The SMILES string of the molecule is c1cc(NC2CCN3CCC2C3)cc(N2CCCC2)c1. The molecular formula is C17H25N3. The molecule has 0 amide bonds. The quantitative estimate of drug-likeness (QED) is 0.912. The van der Waals surface area contributed by atoms with Crippen LogP contribution in [0.2, 0.25) is 0 Å². The van der Waals surface area contributed by atoms with E-state index in [-0.39, 0.29) is 0 Å². The highest BCUT2D eigenvalue weighted by molar-refractivity contribution is 5.59. The monoisotopic (exact) mass is 271 g/mol. The fraction of sp³-hybridized carbons (Fsp3) is 0.647. The Bertz CT molecular complexity index is 467. The highest BCUT2D eigenvalue weighted by atomic mass is 15.2. The van der Waals surface area contributed by atoms with Gasteiger partial charge in [0.2, 0.25) is 0 Å². The van der Waals surface area contributed by atoms with Gasteiger partial charge in [0.1, 0.15) is 0 Å². The first-order valence-electron chi connectivity index (χ1n) is 8.22. The lowest BCUT2D eigenvalue weighted by atomic mass is 9.94. The maximum atomic E-state index is 3.82. The second kappa shape index (κ2) is 5.28. The van der Waals surface area contributed by atoms with E-state index in [0.29, 0.717) is 6.04 Å². The summed E-state index contributed by atoms with van der Waals surface area (Å²) in [6, 6.07) is 9.74. The molecule has 3 unspecified atom stereocenters. The van der Waals surface area contributed by atoms with Crippen molar-refractivity contribution in [2.45, 2.75) is 31.7 Å². The maximum absolute atomic E-state index is 3.82. The molecule has 108 valence electrons. The van der Waals surface area contributed by atoms with Gasteiger partial charge in [0.05, 0.1) is 0 Å². The van der Waals surface area contributed by atoms with E-state index in [1.165, 1.54) is 69.8 Å². The van der Waals surface area contributed by atoms with E-state index in [0.717, 1.165) is 5.92 Å². The topological polar surface area (TPSA) is 18.5 Å². The van der Waals surface area contributed by atoms with Crippen LogP contribution in [0, 0.1) is 5.92 Å². The smallest absolute Gasteiger partial charge is 0.0386 e. The summed E-state index contributed by atoms with van der Waals surface area (Å²) < 4.78 is 0. The number of hydrogen-bond acceptors (Lipinski definition) is 3. The Balaban J connectivity index is 1.46. The van der Waals surface area contributed by atoms with Crippen LogP contribution < -0.4 is 10.2 Å². The average Bonchev–Trinajstić information content (AvgIpc) is 3.13. The highest BCUT2D eigenvalue weighted by Crippen LogP contribution is 2.30. The van der Waals surface area contributed by atoms with Crippen molar-refractivity contribution in [1.82, 2.24) is 4.90 Å². The summed E-state index contributed by atoms with van der Waals surface area (Å²) in [4.78, 5) is 5.13. The van der Waals surface area contributed by atoms with Gasteiger partial charge in [-0.15, -0.1) is 0 Å². The van der Waals surface area contributed by atoms with Gasteiger partial charge >= 0.3 is 0 Å². The fourth-order valence-electron chi connectivity index (χ4n) is 4.12. The third-order valence-electron chi connectivity index (χ3n) is 5.30. The van der Waals surface area contributed by atoms with Gasteiger partial charge in [0.25, 0.3) is 0 Å². The highest BCUT2D eigenvalue weighted by Gasteiger charge is 2.34. The van der Waals surface area contributed by atoms with E-state index in [2.05, 4.69) is 39.4 Å². The number of rotatable bonds is 3. The third-order valence-corrected chi connectivity index (χ3v) is 5.30. The predicted molar refractivity (Wildman–Crippen MR) is 84.5 cm³/mol. The number of nitrogens with one attached hydrogen (secondary N) is 1. The number of fused-ring (bicyclic) bond motifs is 2. The number of anilines is 2. The lowest BCUT2D eigenvalue weighted by Crippen LogP contribution is -2.39. The number of hydrogen-bond donors (Lipinski definition) is 1. The molecule has 0 saturated carbocycles. The molecule has 0 radical (unpaired) electrons. The minimum atomic E-state index is 0.683. The molecule has 3 atom stereocenters. The van der Waals surface area contributed by atoms with Gasteiger partial charge in [-0.05, 0) is 56.3 Å². The molecule has 3 heterocycles. The van der Waals surface area contributed by atoms with Crippen molar-refractivity contribution in [3.8, 4) is 0 Å². The first kappa shape index (κ1) is 12.5.